The largest absolute Gasteiger partial charge is 0.381 e. The first-order valence-electron chi connectivity index (χ1n) is 9.33. The molecule has 25 heavy (non-hydrogen) atoms. The van der Waals surface area contributed by atoms with Crippen LogP contribution in [-0.2, 0) is 25.6 Å². The highest BCUT2D eigenvalue weighted by Crippen LogP contribution is 2.34. The molecule has 0 radical (unpaired) electrons. The third kappa shape index (κ3) is 3.71. The number of pyridine rings is 1. The fraction of sp³-hybridized carbons (Fsp3) is 0.684. The van der Waals surface area contributed by atoms with Gasteiger partial charge in [-0.2, -0.15) is 0 Å². The smallest absolute Gasteiger partial charge is 0.226 e. The first-order chi connectivity index (χ1) is 12.3. The van der Waals surface area contributed by atoms with Gasteiger partial charge < -0.3 is 19.1 Å². The number of ether oxygens (including phenoxy) is 3. The van der Waals surface area contributed by atoms with E-state index < -0.39 is 0 Å². The van der Waals surface area contributed by atoms with Crippen molar-refractivity contribution in [2.24, 2.45) is 5.92 Å². The van der Waals surface area contributed by atoms with Crippen LogP contribution >= 0.6 is 0 Å². The molecule has 0 aromatic carbocycles. The van der Waals surface area contributed by atoms with Crippen LogP contribution in [0.1, 0.15) is 31.2 Å². The van der Waals surface area contributed by atoms with Gasteiger partial charge in [-0.15, -0.1) is 0 Å². The van der Waals surface area contributed by atoms with E-state index in [1.165, 1.54) is 0 Å². The van der Waals surface area contributed by atoms with E-state index in [0.29, 0.717) is 33.0 Å². The van der Waals surface area contributed by atoms with Crippen molar-refractivity contribution < 1.29 is 19.0 Å². The third-order valence-corrected chi connectivity index (χ3v) is 5.60. The minimum Gasteiger partial charge on any atom is -0.381 e. The SMILES string of the molecule is O=C(C1CCOCC1)N1CCO[C@H]2[C@H](OCc3ccncc3)CC[C@@H]21. The number of rotatable bonds is 4. The lowest BCUT2D eigenvalue weighted by Gasteiger charge is -2.41. The summed E-state index contributed by atoms with van der Waals surface area (Å²) in [6.07, 6.45) is 7.20. The molecule has 2 aliphatic heterocycles. The number of fused-ring (bicyclic) bond motifs is 1. The highest BCUT2D eigenvalue weighted by molar-refractivity contribution is 5.79. The van der Waals surface area contributed by atoms with Gasteiger partial charge in [0.2, 0.25) is 5.91 Å². The van der Waals surface area contributed by atoms with Gasteiger partial charge in [0.1, 0.15) is 6.10 Å². The van der Waals surface area contributed by atoms with E-state index in [9.17, 15) is 4.79 Å². The van der Waals surface area contributed by atoms with Crippen LogP contribution in [0, 0.1) is 5.92 Å². The summed E-state index contributed by atoms with van der Waals surface area (Å²) in [5.74, 6) is 0.403. The van der Waals surface area contributed by atoms with Gasteiger partial charge in [0.05, 0.1) is 25.4 Å². The van der Waals surface area contributed by atoms with Crippen LogP contribution in [0.3, 0.4) is 0 Å². The van der Waals surface area contributed by atoms with E-state index in [-0.39, 0.29) is 30.1 Å². The topological polar surface area (TPSA) is 60.9 Å². The normalized spacial score (nSPS) is 30.2. The third-order valence-electron chi connectivity index (χ3n) is 5.60. The Morgan fingerprint density at radius 1 is 1.16 bits per heavy atom. The lowest BCUT2D eigenvalue weighted by atomic mass is 9.97. The molecule has 3 fully saturated rings. The van der Waals surface area contributed by atoms with Gasteiger partial charge in [0, 0.05) is 38.1 Å². The molecule has 3 aliphatic rings. The minimum absolute atomic E-state index is 0.000576. The molecule has 1 aliphatic carbocycles. The fourth-order valence-corrected chi connectivity index (χ4v) is 4.23. The Labute approximate surface area is 148 Å². The van der Waals surface area contributed by atoms with Crippen LogP contribution in [0.5, 0.6) is 0 Å². The van der Waals surface area contributed by atoms with Crippen molar-refractivity contribution in [2.45, 2.75) is 50.5 Å². The Kier molecular flexibility index (Phi) is 5.29. The molecule has 1 aromatic heterocycles. The monoisotopic (exact) mass is 346 g/mol. The van der Waals surface area contributed by atoms with E-state index >= 15 is 0 Å². The first-order valence-corrected chi connectivity index (χ1v) is 9.33. The molecule has 1 amide bonds. The predicted molar refractivity (Wildman–Crippen MR) is 90.8 cm³/mol. The molecule has 6 nitrogen and oxygen atoms in total. The van der Waals surface area contributed by atoms with Gasteiger partial charge in [-0.25, -0.2) is 0 Å². The summed E-state index contributed by atoms with van der Waals surface area (Å²) in [5.41, 5.74) is 1.12. The van der Waals surface area contributed by atoms with E-state index in [0.717, 1.165) is 31.2 Å². The highest BCUT2D eigenvalue weighted by Gasteiger charge is 2.46. The summed E-state index contributed by atoms with van der Waals surface area (Å²) >= 11 is 0. The Morgan fingerprint density at radius 2 is 1.96 bits per heavy atom. The van der Waals surface area contributed by atoms with Crippen molar-refractivity contribution in [1.29, 1.82) is 0 Å². The van der Waals surface area contributed by atoms with Gasteiger partial charge in [-0.3, -0.25) is 9.78 Å². The van der Waals surface area contributed by atoms with Crippen LogP contribution in [0.4, 0.5) is 0 Å². The standard InChI is InChI=1S/C19H26N2O4/c22-19(15-5-10-23-11-6-15)21-9-12-24-18-16(21)1-2-17(18)25-13-14-3-7-20-8-4-14/h3-4,7-8,15-18H,1-2,5-6,9-13H2/t16-,17+,18+/m0/s1. The first kappa shape index (κ1) is 16.9. The quantitative estimate of drug-likeness (QED) is 0.832. The van der Waals surface area contributed by atoms with E-state index in [1.807, 2.05) is 12.1 Å². The Hall–Kier alpha value is -1.50. The van der Waals surface area contributed by atoms with Gasteiger partial charge >= 0.3 is 0 Å². The van der Waals surface area contributed by atoms with Gasteiger partial charge in [0.25, 0.3) is 0 Å². The maximum Gasteiger partial charge on any atom is 0.226 e. The summed E-state index contributed by atoms with van der Waals surface area (Å²) in [4.78, 5) is 19.0. The molecule has 0 unspecified atom stereocenters. The number of nitrogens with zero attached hydrogens (tertiary/aromatic N) is 2. The number of carbonyl (C=O) groups excluding carboxylic acids is 1. The molecule has 2 saturated heterocycles. The number of hydrogen-bond donors (Lipinski definition) is 0. The van der Waals surface area contributed by atoms with E-state index in [2.05, 4.69) is 9.88 Å². The molecular weight excluding hydrogens is 320 g/mol. The van der Waals surface area contributed by atoms with Crippen molar-refractivity contribution in [2.75, 3.05) is 26.4 Å². The molecule has 0 N–H and O–H groups in total. The maximum atomic E-state index is 12.9. The van der Waals surface area contributed by atoms with Crippen LogP contribution in [0.25, 0.3) is 0 Å². The zero-order chi connectivity index (χ0) is 17.1. The van der Waals surface area contributed by atoms with Crippen LogP contribution < -0.4 is 0 Å². The van der Waals surface area contributed by atoms with Crippen LogP contribution in [-0.4, -0.2) is 60.4 Å². The van der Waals surface area contributed by atoms with Crippen molar-refractivity contribution in [3.63, 3.8) is 0 Å². The molecule has 1 saturated carbocycles. The lowest BCUT2D eigenvalue weighted by molar-refractivity contribution is -0.158. The summed E-state index contributed by atoms with van der Waals surface area (Å²) in [6, 6.07) is 4.09. The molecular formula is C19H26N2O4. The molecule has 6 heteroatoms. The van der Waals surface area contributed by atoms with Gasteiger partial charge in [0.15, 0.2) is 0 Å². The number of amides is 1. The van der Waals surface area contributed by atoms with Crippen LogP contribution in [0.2, 0.25) is 0 Å². The number of carbonyl (C=O) groups is 1. The Balaban J connectivity index is 1.37. The lowest BCUT2D eigenvalue weighted by Crippen LogP contribution is -2.55. The zero-order valence-electron chi connectivity index (χ0n) is 14.5. The molecule has 0 bridgehead atoms. The fourth-order valence-electron chi connectivity index (χ4n) is 4.23. The maximum absolute atomic E-state index is 12.9. The Morgan fingerprint density at radius 3 is 2.76 bits per heavy atom. The molecule has 4 rings (SSSR count). The molecule has 1 aromatic rings. The number of aromatic nitrogens is 1. The number of morpholine rings is 1. The van der Waals surface area contributed by atoms with Crippen LogP contribution in [0.15, 0.2) is 24.5 Å². The van der Waals surface area contributed by atoms with E-state index in [4.69, 9.17) is 14.2 Å². The molecule has 3 atom stereocenters. The predicted octanol–water partition coefficient (Wildman–Crippen LogP) is 1.78. The second-order valence-corrected chi connectivity index (χ2v) is 7.10. The van der Waals surface area contributed by atoms with E-state index in [1.54, 1.807) is 12.4 Å². The summed E-state index contributed by atoms with van der Waals surface area (Å²) in [5, 5.41) is 0. The van der Waals surface area contributed by atoms with Crippen molar-refractivity contribution in [1.82, 2.24) is 9.88 Å². The van der Waals surface area contributed by atoms with Crippen molar-refractivity contribution in [3.8, 4) is 0 Å². The summed E-state index contributed by atoms with van der Waals surface area (Å²) in [7, 11) is 0. The van der Waals surface area contributed by atoms with Gasteiger partial charge in [-0.05, 0) is 43.4 Å². The Bertz CT molecular complexity index is 576. The highest BCUT2D eigenvalue weighted by atomic mass is 16.5. The van der Waals surface area contributed by atoms with Crippen molar-refractivity contribution in [3.05, 3.63) is 30.1 Å². The summed E-state index contributed by atoms with van der Waals surface area (Å²) < 4.78 is 17.5. The molecule has 136 valence electrons. The second kappa shape index (κ2) is 7.81. The minimum atomic E-state index is -0.000576. The molecule has 3 heterocycles. The van der Waals surface area contributed by atoms with Gasteiger partial charge in [-0.1, -0.05) is 0 Å². The second-order valence-electron chi connectivity index (χ2n) is 7.10. The zero-order valence-corrected chi connectivity index (χ0v) is 14.5. The average Bonchev–Trinajstić information content (AvgIpc) is 3.10. The van der Waals surface area contributed by atoms with Crippen molar-refractivity contribution >= 4 is 5.91 Å². The molecule has 0 spiro atoms. The average molecular weight is 346 g/mol. The summed E-state index contributed by atoms with van der Waals surface area (Å²) in [6.45, 7) is 3.27. The number of hydrogen-bond acceptors (Lipinski definition) is 5.